The first-order valence-electron chi connectivity index (χ1n) is 7.14. The predicted octanol–water partition coefficient (Wildman–Crippen LogP) is 3.62. The van der Waals surface area contributed by atoms with E-state index in [1.165, 1.54) is 12.1 Å². The summed E-state index contributed by atoms with van der Waals surface area (Å²) in [5.74, 6) is 0.309. The van der Waals surface area contributed by atoms with Crippen LogP contribution < -0.4 is 10.6 Å². The van der Waals surface area contributed by atoms with E-state index in [-0.39, 0.29) is 27.6 Å². The van der Waals surface area contributed by atoms with Crippen LogP contribution in [0.5, 0.6) is 0 Å². The second kappa shape index (κ2) is 7.65. The number of benzene rings is 1. The summed E-state index contributed by atoms with van der Waals surface area (Å²) in [6, 6.07) is 2.52. The van der Waals surface area contributed by atoms with Crippen molar-refractivity contribution in [3.05, 3.63) is 32.3 Å². The molecule has 0 spiro atoms. The summed E-state index contributed by atoms with van der Waals surface area (Å²) in [7, 11) is 0. The topological polar surface area (TPSA) is 84.3 Å². The molecular weight excluding hydrogens is 329 g/mol. The smallest absolute Gasteiger partial charge is 0.272 e. The molecule has 0 bridgehead atoms. The minimum Gasteiger partial charge on any atom is -0.383 e. The lowest BCUT2D eigenvalue weighted by Gasteiger charge is -2.24. The van der Waals surface area contributed by atoms with Gasteiger partial charge in [0.15, 0.2) is 0 Å². The summed E-state index contributed by atoms with van der Waals surface area (Å²) >= 11 is 12.0. The Balaban J connectivity index is 1.77. The van der Waals surface area contributed by atoms with Gasteiger partial charge in [0.1, 0.15) is 0 Å². The van der Waals surface area contributed by atoms with Crippen molar-refractivity contribution in [3.8, 4) is 0 Å². The Kier molecular flexibility index (Phi) is 5.85. The second-order valence-corrected chi connectivity index (χ2v) is 6.06. The number of anilines is 1. The molecule has 1 amide bonds. The first-order chi connectivity index (χ1) is 10.5. The normalized spacial score (nSPS) is 14.3. The molecule has 8 heteroatoms. The largest absolute Gasteiger partial charge is 0.383 e. The third-order valence-corrected chi connectivity index (χ3v) is 4.26. The van der Waals surface area contributed by atoms with E-state index in [4.69, 9.17) is 23.2 Å². The van der Waals surface area contributed by atoms with Crippen LogP contribution in [0.25, 0.3) is 0 Å². The van der Waals surface area contributed by atoms with Crippen LogP contribution in [0.1, 0.15) is 25.7 Å². The van der Waals surface area contributed by atoms with E-state index < -0.39 is 4.92 Å². The van der Waals surface area contributed by atoms with Crippen LogP contribution in [0.2, 0.25) is 10.0 Å². The Hall–Kier alpha value is -1.53. The van der Waals surface area contributed by atoms with E-state index in [0.717, 1.165) is 19.3 Å². The monoisotopic (exact) mass is 345 g/mol. The third-order valence-electron chi connectivity index (χ3n) is 3.67. The van der Waals surface area contributed by atoms with Crippen molar-refractivity contribution in [2.24, 2.45) is 5.92 Å². The number of nitro benzene ring substituents is 1. The van der Waals surface area contributed by atoms with Crippen LogP contribution in [-0.2, 0) is 4.79 Å². The van der Waals surface area contributed by atoms with E-state index in [2.05, 4.69) is 10.6 Å². The van der Waals surface area contributed by atoms with Gasteiger partial charge in [0.25, 0.3) is 5.69 Å². The quantitative estimate of drug-likeness (QED) is 0.449. The lowest BCUT2D eigenvalue weighted by Crippen LogP contribution is -2.35. The van der Waals surface area contributed by atoms with Crippen molar-refractivity contribution in [1.82, 2.24) is 5.32 Å². The van der Waals surface area contributed by atoms with Crippen LogP contribution >= 0.6 is 23.2 Å². The molecule has 1 saturated carbocycles. The van der Waals surface area contributed by atoms with E-state index >= 15 is 0 Å². The molecule has 0 saturated heterocycles. The van der Waals surface area contributed by atoms with Gasteiger partial charge in [0.05, 0.1) is 20.7 Å². The van der Waals surface area contributed by atoms with Gasteiger partial charge in [-0.2, -0.15) is 0 Å². The van der Waals surface area contributed by atoms with Crippen LogP contribution in [0.4, 0.5) is 11.4 Å². The number of nitrogens with zero attached hydrogens (tertiary/aromatic N) is 1. The van der Waals surface area contributed by atoms with E-state index in [9.17, 15) is 14.9 Å². The summed E-state index contributed by atoms with van der Waals surface area (Å²) in [4.78, 5) is 21.8. The van der Waals surface area contributed by atoms with Gasteiger partial charge in [-0.25, -0.2) is 0 Å². The average Bonchev–Trinajstić information content (AvgIpc) is 2.38. The van der Waals surface area contributed by atoms with Crippen LogP contribution in [-0.4, -0.2) is 23.9 Å². The number of carbonyl (C=O) groups excluding carboxylic acids is 1. The van der Waals surface area contributed by atoms with Crippen LogP contribution in [0, 0.1) is 16.0 Å². The van der Waals surface area contributed by atoms with Crippen molar-refractivity contribution >= 4 is 40.5 Å². The van der Waals surface area contributed by atoms with Gasteiger partial charge in [-0.05, 0) is 19.3 Å². The number of amides is 1. The van der Waals surface area contributed by atoms with Crippen LogP contribution in [0.15, 0.2) is 12.1 Å². The fourth-order valence-electron chi connectivity index (χ4n) is 2.16. The molecule has 0 atom stereocenters. The number of hydrogen-bond acceptors (Lipinski definition) is 4. The van der Waals surface area contributed by atoms with Crippen molar-refractivity contribution in [2.45, 2.75) is 25.7 Å². The summed E-state index contributed by atoms with van der Waals surface area (Å²) in [5, 5.41) is 17.0. The second-order valence-electron chi connectivity index (χ2n) is 5.24. The highest BCUT2D eigenvalue weighted by atomic mass is 35.5. The SMILES string of the molecule is O=C(NCCCNc1c(Cl)cc([N+](=O)[O-])cc1Cl)C1CCC1. The number of nitro groups is 1. The van der Waals surface area contributed by atoms with Gasteiger partial charge in [-0.3, -0.25) is 14.9 Å². The Morgan fingerprint density at radius 3 is 2.41 bits per heavy atom. The molecule has 0 aromatic heterocycles. The van der Waals surface area contributed by atoms with Gasteiger partial charge in [0, 0.05) is 31.1 Å². The number of nitrogens with one attached hydrogen (secondary N) is 2. The molecule has 22 heavy (non-hydrogen) atoms. The maximum Gasteiger partial charge on any atom is 0.272 e. The Morgan fingerprint density at radius 1 is 1.27 bits per heavy atom. The number of halogens is 2. The zero-order valence-electron chi connectivity index (χ0n) is 11.9. The van der Waals surface area contributed by atoms with Gasteiger partial charge in [-0.1, -0.05) is 29.6 Å². The van der Waals surface area contributed by atoms with E-state index in [1.807, 2.05) is 0 Å². The highest BCUT2D eigenvalue weighted by Crippen LogP contribution is 2.34. The zero-order valence-corrected chi connectivity index (χ0v) is 13.4. The van der Waals surface area contributed by atoms with Gasteiger partial charge in [0.2, 0.25) is 5.91 Å². The summed E-state index contributed by atoms with van der Waals surface area (Å²) in [5.41, 5.74) is 0.326. The molecule has 1 aliphatic carbocycles. The maximum atomic E-state index is 11.6. The number of rotatable bonds is 7. The first kappa shape index (κ1) is 16.8. The minimum atomic E-state index is -0.544. The minimum absolute atomic E-state index is 0.123. The maximum absolute atomic E-state index is 11.6. The molecule has 1 aromatic rings. The van der Waals surface area contributed by atoms with Crippen molar-refractivity contribution in [1.29, 1.82) is 0 Å². The summed E-state index contributed by atoms with van der Waals surface area (Å²) in [6.07, 6.45) is 3.81. The van der Waals surface area contributed by atoms with E-state index in [0.29, 0.717) is 25.2 Å². The molecule has 0 unspecified atom stereocenters. The zero-order chi connectivity index (χ0) is 16.1. The summed E-state index contributed by atoms with van der Waals surface area (Å²) < 4.78 is 0. The molecular formula is C14H17Cl2N3O3. The first-order valence-corrected chi connectivity index (χ1v) is 7.89. The molecule has 2 N–H and O–H groups in total. The standard InChI is InChI=1S/C14H17Cl2N3O3/c15-11-7-10(19(21)22)8-12(16)13(11)17-5-2-6-18-14(20)9-3-1-4-9/h7-9,17H,1-6H2,(H,18,20). The average molecular weight is 346 g/mol. The molecule has 0 aliphatic heterocycles. The van der Waals surface area contributed by atoms with Crippen LogP contribution in [0.3, 0.4) is 0 Å². The van der Waals surface area contributed by atoms with Crippen molar-refractivity contribution < 1.29 is 9.72 Å². The Morgan fingerprint density at radius 2 is 1.91 bits per heavy atom. The fourth-order valence-corrected chi connectivity index (χ4v) is 2.77. The number of carbonyl (C=O) groups is 1. The Bertz CT molecular complexity index is 553. The summed E-state index contributed by atoms with van der Waals surface area (Å²) in [6.45, 7) is 1.13. The number of hydrogen-bond donors (Lipinski definition) is 2. The molecule has 0 heterocycles. The molecule has 120 valence electrons. The van der Waals surface area contributed by atoms with Gasteiger partial charge < -0.3 is 10.6 Å². The highest BCUT2D eigenvalue weighted by molar-refractivity contribution is 6.39. The van der Waals surface area contributed by atoms with Crippen molar-refractivity contribution in [2.75, 3.05) is 18.4 Å². The molecule has 0 radical (unpaired) electrons. The molecule has 1 fully saturated rings. The third kappa shape index (κ3) is 4.24. The molecule has 1 aromatic carbocycles. The fraction of sp³-hybridized carbons (Fsp3) is 0.500. The molecule has 1 aliphatic rings. The number of non-ortho nitro benzene ring substituents is 1. The van der Waals surface area contributed by atoms with Gasteiger partial charge >= 0.3 is 0 Å². The molecule has 6 nitrogen and oxygen atoms in total. The Labute approximate surface area is 138 Å². The highest BCUT2D eigenvalue weighted by Gasteiger charge is 2.24. The lowest BCUT2D eigenvalue weighted by molar-refractivity contribution is -0.384. The lowest BCUT2D eigenvalue weighted by atomic mass is 9.85. The van der Waals surface area contributed by atoms with Crippen molar-refractivity contribution in [3.63, 3.8) is 0 Å². The molecule has 2 rings (SSSR count). The predicted molar refractivity (Wildman–Crippen MR) is 86.6 cm³/mol. The van der Waals surface area contributed by atoms with E-state index in [1.54, 1.807) is 0 Å². The van der Waals surface area contributed by atoms with Gasteiger partial charge in [-0.15, -0.1) is 0 Å².